The van der Waals surface area contributed by atoms with Gasteiger partial charge >= 0.3 is 0 Å². The molecule has 34 heavy (non-hydrogen) atoms. The number of aromatic nitrogens is 4. The molecule has 0 aliphatic rings. The average Bonchev–Trinajstić information content (AvgIpc) is 3.45. The minimum absolute atomic E-state index is 0.159. The zero-order valence-electron chi connectivity index (χ0n) is 18.0. The molecule has 0 aliphatic carbocycles. The number of rotatable bonds is 7. The van der Waals surface area contributed by atoms with Crippen LogP contribution in [0, 0.1) is 0 Å². The molecule has 0 N–H and O–H groups in total. The number of carbonyl (C=O) groups is 1. The van der Waals surface area contributed by atoms with Crippen LogP contribution < -0.4 is 4.74 Å². The molecular weight excluding hydrogens is 475 g/mol. The van der Waals surface area contributed by atoms with Gasteiger partial charge in [-0.15, -0.1) is 10.2 Å². The molecule has 0 fully saturated rings. The zero-order chi connectivity index (χ0) is 23.7. The molecule has 9 heteroatoms. The third-order valence-corrected chi connectivity index (χ3v) is 5.94. The molecule has 5 rings (SSSR count). The van der Waals surface area contributed by atoms with Crippen LogP contribution in [0.3, 0.4) is 0 Å². The minimum Gasteiger partial charge on any atom is -0.494 e. The molecule has 0 unspecified atom stereocenters. The SMILES string of the molecule is CCOc1ccc2c(c1)c(C(=O)c1nnc(-c3cccnc3)o1)c(Cl)n2Cc1ccc(Cl)cc1. The summed E-state index contributed by atoms with van der Waals surface area (Å²) < 4.78 is 13.2. The van der Waals surface area contributed by atoms with Crippen LogP contribution in [0.2, 0.25) is 10.2 Å². The van der Waals surface area contributed by atoms with Crippen LogP contribution in [0.25, 0.3) is 22.4 Å². The number of benzene rings is 2. The van der Waals surface area contributed by atoms with Gasteiger partial charge in [0.25, 0.3) is 11.7 Å². The number of carbonyl (C=O) groups excluding carboxylic acids is 1. The van der Waals surface area contributed by atoms with Crippen LogP contribution in [0.5, 0.6) is 5.75 Å². The van der Waals surface area contributed by atoms with E-state index in [9.17, 15) is 4.79 Å². The second-order valence-corrected chi connectivity index (χ2v) is 8.27. The van der Waals surface area contributed by atoms with E-state index < -0.39 is 5.78 Å². The van der Waals surface area contributed by atoms with Gasteiger partial charge in [-0.05, 0) is 55.0 Å². The van der Waals surface area contributed by atoms with E-state index in [-0.39, 0.29) is 22.5 Å². The van der Waals surface area contributed by atoms with Crippen molar-refractivity contribution in [3.05, 3.63) is 94.2 Å². The third kappa shape index (κ3) is 4.16. The summed E-state index contributed by atoms with van der Waals surface area (Å²) in [7, 11) is 0. The number of fused-ring (bicyclic) bond motifs is 1. The largest absolute Gasteiger partial charge is 0.494 e. The molecule has 5 aromatic rings. The fourth-order valence-corrected chi connectivity index (χ4v) is 4.19. The van der Waals surface area contributed by atoms with Crippen LogP contribution in [-0.2, 0) is 6.54 Å². The van der Waals surface area contributed by atoms with E-state index in [2.05, 4.69) is 15.2 Å². The quantitative estimate of drug-likeness (QED) is 0.256. The number of nitrogens with zero attached hydrogens (tertiary/aromatic N) is 4. The first-order chi connectivity index (χ1) is 16.5. The zero-order valence-corrected chi connectivity index (χ0v) is 19.5. The van der Waals surface area contributed by atoms with Crippen molar-refractivity contribution < 1.29 is 13.9 Å². The van der Waals surface area contributed by atoms with Gasteiger partial charge < -0.3 is 13.7 Å². The Morgan fingerprint density at radius 3 is 2.65 bits per heavy atom. The smallest absolute Gasteiger partial charge is 0.289 e. The van der Waals surface area contributed by atoms with E-state index in [4.69, 9.17) is 32.4 Å². The minimum atomic E-state index is -0.471. The number of hydrogen-bond acceptors (Lipinski definition) is 6. The molecule has 0 saturated heterocycles. The highest BCUT2D eigenvalue weighted by Crippen LogP contribution is 2.35. The molecule has 0 atom stereocenters. The summed E-state index contributed by atoms with van der Waals surface area (Å²) in [4.78, 5) is 17.6. The Hall–Kier alpha value is -3.68. The average molecular weight is 493 g/mol. The summed E-state index contributed by atoms with van der Waals surface area (Å²) in [6.07, 6.45) is 3.22. The second-order valence-electron chi connectivity index (χ2n) is 7.47. The Kier molecular flexibility index (Phi) is 6.04. The first-order valence-electron chi connectivity index (χ1n) is 10.5. The molecule has 0 aliphatic heterocycles. The lowest BCUT2D eigenvalue weighted by atomic mass is 10.1. The van der Waals surface area contributed by atoms with E-state index in [0.717, 1.165) is 11.1 Å². The van der Waals surface area contributed by atoms with E-state index in [0.29, 0.717) is 34.9 Å². The number of halogens is 2. The summed E-state index contributed by atoms with van der Waals surface area (Å²) in [5.74, 6) is 0.202. The Morgan fingerprint density at radius 1 is 1.09 bits per heavy atom. The summed E-state index contributed by atoms with van der Waals surface area (Å²) in [5, 5.41) is 9.53. The first-order valence-corrected chi connectivity index (χ1v) is 11.3. The summed E-state index contributed by atoms with van der Waals surface area (Å²) in [6.45, 7) is 2.83. The molecule has 0 amide bonds. The van der Waals surface area contributed by atoms with E-state index in [1.54, 1.807) is 30.6 Å². The highest BCUT2D eigenvalue weighted by molar-refractivity contribution is 6.36. The van der Waals surface area contributed by atoms with Gasteiger partial charge in [-0.25, -0.2) is 0 Å². The summed E-state index contributed by atoms with van der Waals surface area (Å²) >= 11 is 12.8. The van der Waals surface area contributed by atoms with E-state index >= 15 is 0 Å². The van der Waals surface area contributed by atoms with Crippen molar-refractivity contribution in [2.45, 2.75) is 13.5 Å². The van der Waals surface area contributed by atoms with Gasteiger partial charge in [0.05, 0.1) is 23.3 Å². The van der Waals surface area contributed by atoms with Crippen molar-refractivity contribution in [2.75, 3.05) is 6.61 Å². The van der Waals surface area contributed by atoms with E-state index in [1.807, 2.05) is 47.9 Å². The Morgan fingerprint density at radius 2 is 1.91 bits per heavy atom. The van der Waals surface area contributed by atoms with E-state index in [1.165, 1.54) is 0 Å². The van der Waals surface area contributed by atoms with Crippen molar-refractivity contribution in [1.82, 2.24) is 19.7 Å². The normalized spacial score (nSPS) is 11.1. The lowest BCUT2D eigenvalue weighted by molar-refractivity contribution is 0.100. The van der Waals surface area contributed by atoms with Gasteiger partial charge in [0.1, 0.15) is 10.9 Å². The van der Waals surface area contributed by atoms with Gasteiger partial charge in [0.2, 0.25) is 5.89 Å². The van der Waals surface area contributed by atoms with Crippen LogP contribution in [0.1, 0.15) is 28.7 Å². The molecule has 170 valence electrons. The van der Waals surface area contributed by atoms with Crippen LogP contribution in [0.15, 0.2) is 71.4 Å². The number of ketones is 1. The maximum atomic E-state index is 13.5. The molecule has 2 aromatic carbocycles. The lowest BCUT2D eigenvalue weighted by Gasteiger charge is -2.08. The van der Waals surface area contributed by atoms with Gasteiger partial charge in [-0.2, -0.15) is 0 Å². The first kappa shape index (κ1) is 22.1. The molecule has 0 spiro atoms. The Labute approximate surface area is 204 Å². The highest BCUT2D eigenvalue weighted by atomic mass is 35.5. The number of ether oxygens (including phenoxy) is 1. The fraction of sp³-hybridized carbons (Fsp3) is 0.120. The van der Waals surface area contributed by atoms with Crippen molar-refractivity contribution in [3.63, 3.8) is 0 Å². The van der Waals surface area contributed by atoms with Gasteiger partial charge in [-0.1, -0.05) is 35.3 Å². The molecule has 0 bridgehead atoms. The van der Waals surface area contributed by atoms with Crippen molar-refractivity contribution in [2.24, 2.45) is 0 Å². The maximum Gasteiger partial charge on any atom is 0.289 e. The van der Waals surface area contributed by atoms with Crippen LogP contribution in [-0.4, -0.2) is 32.1 Å². The third-order valence-electron chi connectivity index (χ3n) is 5.29. The molecule has 3 heterocycles. The molecule has 3 aromatic heterocycles. The lowest BCUT2D eigenvalue weighted by Crippen LogP contribution is -2.04. The molecule has 0 radical (unpaired) electrons. The summed E-state index contributed by atoms with van der Waals surface area (Å²) in [6, 6.07) is 16.5. The molecule has 0 saturated carbocycles. The highest BCUT2D eigenvalue weighted by Gasteiger charge is 2.27. The van der Waals surface area contributed by atoms with Crippen molar-refractivity contribution >= 4 is 39.9 Å². The van der Waals surface area contributed by atoms with Gasteiger partial charge in [-0.3, -0.25) is 9.78 Å². The fourth-order valence-electron chi connectivity index (χ4n) is 3.73. The number of pyridine rings is 1. The van der Waals surface area contributed by atoms with Gasteiger partial charge in [0.15, 0.2) is 0 Å². The predicted molar refractivity (Wildman–Crippen MR) is 130 cm³/mol. The van der Waals surface area contributed by atoms with Crippen molar-refractivity contribution in [3.8, 4) is 17.2 Å². The maximum absolute atomic E-state index is 13.5. The van der Waals surface area contributed by atoms with Crippen LogP contribution >= 0.6 is 23.2 Å². The van der Waals surface area contributed by atoms with Crippen molar-refractivity contribution in [1.29, 1.82) is 0 Å². The van der Waals surface area contributed by atoms with Gasteiger partial charge in [0, 0.05) is 29.3 Å². The Bertz CT molecular complexity index is 1480. The molecular formula is C25H18Cl2N4O3. The number of hydrogen-bond donors (Lipinski definition) is 0. The second kappa shape index (κ2) is 9.29. The predicted octanol–water partition coefficient (Wildman–Crippen LogP) is 6.07. The monoisotopic (exact) mass is 492 g/mol. The molecule has 7 nitrogen and oxygen atoms in total. The van der Waals surface area contributed by atoms with Crippen LogP contribution in [0.4, 0.5) is 0 Å². The Balaban J connectivity index is 1.61. The standard InChI is InChI=1S/C25H18Cl2N4O3/c1-2-33-18-9-10-20-19(12-18)21(23(27)31(20)14-15-5-7-17(26)8-6-15)22(32)25-30-29-24(34-25)16-4-3-11-28-13-16/h3-13H,2,14H2,1H3. The summed E-state index contributed by atoms with van der Waals surface area (Å²) in [5.41, 5.74) is 2.64. The topological polar surface area (TPSA) is 83.0 Å².